The van der Waals surface area contributed by atoms with Crippen LogP contribution in [0.3, 0.4) is 0 Å². The summed E-state index contributed by atoms with van der Waals surface area (Å²) in [6.07, 6.45) is 9.71. The molecular formula is C21H30O3P+. The largest absolute Gasteiger partial charge is 0.487 e. The van der Waals surface area contributed by atoms with Crippen molar-refractivity contribution in [1.82, 2.24) is 0 Å². The molecule has 136 valence electrons. The molecule has 0 fully saturated rings. The van der Waals surface area contributed by atoms with Crippen LogP contribution in [0, 0.1) is 0 Å². The molecule has 0 bridgehead atoms. The molecule has 2 aromatic carbocycles. The van der Waals surface area contributed by atoms with E-state index in [-0.39, 0.29) is 0 Å². The summed E-state index contributed by atoms with van der Waals surface area (Å²) in [6, 6.07) is 16.5. The van der Waals surface area contributed by atoms with Crippen molar-refractivity contribution in [2.75, 3.05) is 0 Å². The highest BCUT2D eigenvalue weighted by atomic mass is 31.2. The highest BCUT2D eigenvalue weighted by molar-refractivity contribution is 7.68. The second-order valence-electron chi connectivity index (χ2n) is 6.45. The monoisotopic (exact) mass is 361 g/mol. The Kier molecular flexibility index (Phi) is 8.40. The van der Waals surface area contributed by atoms with Gasteiger partial charge in [0.2, 0.25) is 0 Å². The maximum absolute atomic E-state index is 10.4. The molecule has 0 aliphatic rings. The van der Waals surface area contributed by atoms with E-state index < -0.39 is 7.94 Å². The molecule has 0 amide bonds. The third-order valence-electron chi connectivity index (χ3n) is 4.34. The van der Waals surface area contributed by atoms with Gasteiger partial charge >= 0.3 is 7.94 Å². The third kappa shape index (κ3) is 6.78. The zero-order chi connectivity index (χ0) is 18.0. The number of aryl methyl sites for hydroxylation is 1. The van der Waals surface area contributed by atoms with Crippen molar-refractivity contribution < 1.29 is 14.3 Å². The molecule has 0 heterocycles. The second-order valence-corrected chi connectivity index (χ2v) is 8.24. The molecule has 25 heavy (non-hydrogen) atoms. The molecule has 0 saturated heterocycles. The standard InChI is InChI=1S/C21H30O3P/c1-2-3-4-5-6-7-9-14-19-15-12-13-18-21(19)24-25(22,23)20-16-10-8-11-17-20/h8,10-13,15-18,22-23H,2-7,9,14H2,1H3/q+1. The first kappa shape index (κ1) is 19.9. The van der Waals surface area contributed by atoms with Crippen LogP contribution < -0.4 is 9.83 Å². The van der Waals surface area contributed by atoms with Gasteiger partial charge in [-0.3, -0.25) is 4.52 Å². The van der Waals surface area contributed by atoms with Gasteiger partial charge in [0.05, 0.1) is 0 Å². The van der Waals surface area contributed by atoms with Crippen molar-refractivity contribution in [3.05, 3.63) is 60.2 Å². The zero-order valence-electron chi connectivity index (χ0n) is 15.1. The summed E-state index contributed by atoms with van der Waals surface area (Å²) in [5.41, 5.74) is 1.04. The predicted molar refractivity (Wildman–Crippen MR) is 106 cm³/mol. The van der Waals surface area contributed by atoms with E-state index in [0.29, 0.717) is 11.1 Å². The number of rotatable bonds is 11. The molecule has 2 N–H and O–H groups in total. The van der Waals surface area contributed by atoms with Crippen LogP contribution >= 0.6 is 7.94 Å². The van der Waals surface area contributed by atoms with Gasteiger partial charge in [0, 0.05) is 0 Å². The van der Waals surface area contributed by atoms with E-state index >= 15 is 0 Å². The minimum absolute atomic E-state index is 0.431. The SMILES string of the molecule is CCCCCCCCCc1ccccc1O[P+](O)(O)c1ccccc1. The minimum atomic E-state index is -3.60. The highest BCUT2D eigenvalue weighted by Gasteiger charge is 2.41. The second kappa shape index (κ2) is 10.6. The van der Waals surface area contributed by atoms with E-state index in [2.05, 4.69) is 6.92 Å². The van der Waals surface area contributed by atoms with Gasteiger partial charge in [0.15, 0.2) is 11.1 Å². The normalized spacial score (nSPS) is 11.5. The highest BCUT2D eigenvalue weighted by Crippen LogP contribution is 2.50. The van der Waals surface area contributed by atoms with E-state index in [1.165, 1.54) is 38.5 Å². The van der Waals surface area contributed by atoms with Crippen molar-refractivity contribution in [1.29, 1.82) is 0 Å². The van der Waals surface area contributed by atoms with E-state index in [0.717, 1.165) is 18.4 Å². The molecule has 0 radical (unpaired) electrons. The van der Waals surface area contributed by atoms with Crippen LogP contribution in [0.1, 0.15) is 57.4 Å². The van der Waals surface area contributed by atoms with Gasteiger partial charge in [-0.2, -0.15) is 9.79 Å². The molecule has 0 aliphatic heterocycles. The van der Waals surface area contributed by atoms with Crippen LogP contribution in [0.15, 0.2) is 54.6 Å². The molecule has 0 atom stereocenters. The molecule has 0 aromatic heterocycles. The summed E-state index contributed by atoms with van der Waals surface area (Å²) in [6.45, 7) is 2.23. The van der Waals surface area contributed by atoms with E-state index in [1.54, 1.807) is 24.3 Å². The lowest BCUT2D eigenvalue weighted by Gasteiger charge is -2.14. The van der Waals surface area contributed by atoms with E-state index in [1.807, 2.05) is 30.3 Å². The lowest BCUT2D eigenvalue weighted by Crippen LogP contribution is -2.15. The van der Waals surface area contributed by atoms with E-state index in [9.17, 15) is 9.79 Å². The van der Waals surface area contributed by atoms with Crippen LogP contribution in [0.2, 0.25) is 0 Å². The van der Waals surface area contributed by atoms with Crippen molar-refractivity contribution in [2.45, 2.75) is 58.3 Å². The number of hydrogen-bond acceptors (Lipinski definition) is 3. The van der Waals surface area contributed by atoms with Gasteiger partial charge in [-0.25, -0.2) is 0 Å². The van der Waals surface area contributed by atoms with Crippen molar-refractivity contribution >= 4 is 13.2 Å². The third-order valence-corrected chi connectivity index (χ3v) is 5.76. The van der Waals surface area contributed by atoms with Gasteiger partial charge in [-0.15, -0.1) is 0 Å². The molecule has 2 aromatic rings. The van der Waals surface area contributed by atoms with Crippen LogP contribution in [0.4, 0.5) is 0 Å². The molecule has 4 heteroatoms. The Hall–Kier alpha value is -1.41. The fourth-order valence-electron chi connectivity index (χ4n) is 2.88. The average Bonchev–Trinajstić information content (AvgIpc) is 2.63. The Morgan fingerprint density at radius 2 is 1.36 bits per heavy atom. The summed E-state index contributed by atoms with van der Waals surface area (Å²) < 4.78 is 5.65. The average molecular weight is 361 g/mol. The van der Waals surface area contributed by atoms with Crippen molar-refractivity contribution in [3.63, 3.8) is 0 Å². The minimum Gasteiger partial charge on any atom is -0.281 e. The first-order valence-electron chi connectivity index (χ1n) is 9.31. The number of unbranched alkanes of at least 4 members (excludes halogenated alkanes) is 6. The fourth-order valence-corrected chi connectivity index (χ4v) is 4.00. The van der Waals surface area contributed by atoms with Crippen LogP contribution in [0.25, 0.3) is 0 Å². The maximum atomic E-state index is 10.4. The summed E-state index contributed by atoms with van der Waals surface area (Å²) in [5, 5.41) is 0.431. The summed E-state index contributed by atoms with van der Waals surface area (Å²) >= 11 is 0. The Balaban J connectivity index is 1.90. The molecule has 2 rings (SSSR count). The number of hydrogen-bond donors (Lipinski definition) is 2. The Morgan fingerprint density at radius 3 is 2.08 bits per heavy atom. The quantitative estimate of drug-likeness (QED) is 0.414. The van der Waals surface area contributed by atoms with Crippen molar-refractivity contribution in [3.8, 4) is 5.75 Å². The van der Waals surface area contributed by atoms with Crippen LogP contribution in [-0.4, -0.2) is 9.79 Å². The summed E-state index contributed by atoms with van der Waals surface area (Å²) in [5.74, 6) is 0.579. The van der Waals surface area contributed by atoms with Gasteiger partial charge in [0.1, 0.15) is 0 Å². The Bertz CT molecular complexity index is 614. The smallest absolute Gasteiger partial charge is 0.281 e. The molecular weight excluding hydrogens is 331 g/mol. The fraction of sp³-hybridized carbons (Fsp3) is 0.429. The number of benzene rings is 2. The Labute approximate surface area is 152 Å². The zero-order valence-corrected chi connectivity index (χ0v) is 16.0. The van der Waals surface area contributed by atoms with E-state index in [4.69, 9.17) is 4.52 Å². The lowest BCUT2D eigenvalue weighted by molar-refractivity contribution is 0.353. The van der Waals surface area contributed by atoms with Crippen LogP contribution in [-0.2, 0) is 6.42 Å². The van der Waals surface area contributed by atoms with Crippen LogP contribution in [0.5, 0.6) is 5.75 Å². The molecule has 0 aliphatic carbocycles. The molecule has 3 nitrogen and oxygen atoms in total. The van der Waals surface area contributed by atoms with Crippen molar-refractivity contribution in [2.24, 2.45) is 0 Å². The topological polar surface area (TPSA) is 49.7 Å². The molecule has 0 spiro atoms. The van der Waals surface area contributed by atoms with Gasteiger partial charge in [-0.1, -0.05) is 81.8 Å². The number of para-hydroxylation sites is 1. The first-order valence-corrected chi connectivity index (χ1v) is 10.9. The van der Waals surface area contributed by atoms with Gasteiger partial charge in [0.25, 0.3) is 0 Å². The molecule has 0 unspecified atom stereocenters. The predicted octanol–water partition coefficient (Wildman–Crippen LogP) is 5.43. The van der Waals surface area contributed by atoms with Gasteiger partial charge in [-0.05, 0) is 36.6 Å². The lowest BCUT2D eigenvalue weighted by atomic mass is 10.0. The maximum Gasteiger partial charge on any atom is 0.487 e. The first-order chi connectivity index (χ1) is 12.1. The molecule has 0 saturated carbocycles. The summed E-state index contributed by atoms with van der Waals surface area (Å²) in [7, 11) is -3.60. The summed E-state index contributed by atoms with van der Waals surface area (Å²) in [4.78, 5) is 20.8. The Morgan fingerprint density at radius 1 is 0.760 bits per heavy atom. The van der Waals surface area contributed by atoms with Gasteiger partial charge < -0.3 is 0 Å².